The number of rotatable bonds is 60. The van der Waals surface area contributed by atoms with Crippen LogP contribution in [0.25, 0.3) is 0 Å². The van der Waals surface area contributed by atoms with Gasteiger partial charge in [0, 0.05) is 12.8 Å². The van der Waals surface area contributed by atoms with Crippen molar-refractivity contribution in [3.05, 3.63) is 158 Å². The Labute approximate surface area is 521 Å². The van der Waals surface area contributed by atoms with Crippen LogP contribution < -0.4 is 5.11 Å². The minimum Gasteiger partial charge on any atom is -0.545 e. The number of carboxylic acids is 1. The van der Waals surface area contributed by atoms with Gasteiger partial charge in [0.25, 0.3) is 0 Å². The molecule has 0 rings (SSSR count). The smallest absolute Gasteiger partial charge is 0.306 e. The number of carbonyl (C=O) groups excluding carboxylic acids is 3. The third-order valence-electron chi connectivity index (χ3n) is 13.8. The highest BCUT2D eigenvalue weighted by Crippen LogP contribution is 2.16. The van der Waals surface area contributed by atoms with Crippen LogP contribution in [0.1, 0.15) is 245 Å². The molecule has 0 amide bonds. The lowest BCUT2D eigenvalue weighted by Crippen LogP contribution is -2.44. The second-order valence-electron chi connectivity index (χ2n) is 23.0. The summed E-state index contributed by atoms with van der Waals surface area (Å²) in [5.41, 5.74) is 0. The summed E-state index contributed by atoms with van der Waals surface area (Å²) in [6.45, 7) is 4.44. The van der Waals surface area contributed by atoms with Gasteiger partial charge in [-0.25, -0.2) is 0 Å². The highest BCUT2D eigenvalue weighted by Gasteiger charge is 2.22. The molecule has 0 spiro atoms. The van der Waals surface area contributed by atoms with Crippen molar-refractivity contribution in [3.8, 4) is 0 Å². The van der Waals surface area contributed by atoms with Crippen LogP contribution in [0.2, 0.25) is 0 Å². The van der Waals surface area contributed by atoms with Crippen LogP contribution in [-0.4, -0.2) is 82.3 Å². The molecule has 2 unspecified atom stereocenters. The molecule has 0 saturated carbocycles. The summed E-state index contributed by atoms with van der Waals surface area (Å²) in [5.74, 6) is -2.37. The van der Waals surface area contributed by atoms with E-state index in [1.807, 2.05) is 21.1 Å². The summed E-state index contributed by atoms with van der Waals surface area (Å²) < 4.78 is 22.7. The molecule has 9 heteroatoms. The van der Waals surface area contributed by atoms with Crippen molar-refractivity contribution in [1.82, 2.24) is 0 Å². The van der Waals surface area contributed by atoms with E-state index in [2.05, 4.69) is 172 Å². The van der Waals surface area contributed by atoms with E-state index in [0.29, 0.717) is 23.9 Å². The number of allylic oxidation sites excluding steroid dienone is 26. The van der Waals surface area contributed by atoms with Gasteiger partial charge >= 0.3 is 11.9 Å². The molecular weight excluding hydrogens is 1050 g/mol. The fourth-order valence-corrected chi connectivity index (χ4v) is 8.71. The van der Waals surface area contributed by atoms with E-state index in [9.17, 15) is 19.5 Å². The molecule has 9 nitrogen and oxygen atoms in total. The lowest BCUT2D eigenvalue weighted by Gasteiger charge is -2.26. The van der Waals surface area contributed by atoms with Gasteiger partial charge in [-0.15, -0.1) is 0 Å². The fourth-order valence-electron chi connectivity index (χ4n) is 8.71. The van der Waals surface area contributed by atoms with Gasteiger partial charge in [0.05, 0.1) is 40.3 Å². The molecule has 2 atom stereocenters. The van der Waals surface area contributed by atoms with Crippen LogP contribution in [0.4, 0.5) is 0 Å². The molecule has 0 heterocycles. The molecular formula is C76H123NO8. The van der Waals surface area contributed by atoms with E-state index in [1.165, 1.54) is 103 Å². The zero-order valence-electron chi connectivity index (χ0n) is 54.7. The number of aliphatic carboxylic acids is 1. The quantitative estimate of drug-likeness (QED) is 0.0195. The Kier molecular flexibility index (Phi) is 61.0. The topological polar surface area (TPSA) is 111 Å². The van der Waals surface area contributed by atoms with E-state index >= 15 is 0 Å². The van der Waals surface area contributed by atoms with Gasteiger partial charge in [-0.2, -0.15) is 0 Å². The minimum atomic E-state index is -1.65. The van der Waals surface area contributed by atoms with Gasteiger partial charge in [0.1, 0.15) is 13.2 Å². The molecule has 0 radical (unpaired) electrons. The largest absolute Gasteiger partial charge is 0.545 e. The van der Waals surface area contributed by atoms with Crippen LogP contribution in [-0.2, 0) is 33.3 Å². The number of hydrogen-bond acceptors (Lipinski definition) is 8. The van der Waals surface area contributed by atoms with Crippen molar-refractivity contribution >= 4 is 17.9 Å². The summed E-state index contributed by atoms with van der Waals surface area (Å²) >= 11 is 0. The third kappa shape index (κ3) is 66.3. The zero-order valence-corrected chi connectivity index (χ0v) is 54.7. The van der Waals surface area contributed by atoms with Crippen molar-refractivity contribution < 1.29 is 42.9 Å². The van der Waals surface area contributed by atoms with Crippen LogP contribution in [0.15, 0.2) is 158 Å². The van der Waals surface area contributed by atoms with Gasteiger partial charge in [0.2, 0.25) is 0 Å². The summed E-state index contributed by atoms with van der Waals surface area (Å²) in [6.07, 6.45) is 93.3. The van der Waals surface area contributed by atoms with Crippen molar-refractivity contribution in [2.45, 2.75) is 257 Å². The Balaban J connectivity index is 4.17. The maximum atomic E-state index is 12.9. The molecule has 0 saturated heterocycles. The number of nitrogens with zero attached hydrogens (tertiary/aromatic N) is 1. The second-order valence-corrected chi connectivity index (χ2v) is 23.0. The van der Waals surface area contributed by atoms with Gasteiger partial charge in [0.15, 0.2) is 12.4 Å². The van der Waals surface area contributed by atoms with Crippen LogP contribution in [0, 0.1) is 0 Å². The molecule has 0 aromatic heterocycles. The SMILES string of the molecule is CC/C=C\C/C=C\C/C=C\C/C=C\C/C=C\C/C=C\C/C=C\CCCC(=O)OC(COC(=O)CCCCCCCCCCCCCCCCCCCC/C=C\C/C=C\C/C=C\C/C=C\C/C=C\C/C=C\CC)COC(OCC[N+](C)(C)C)C(=O)[O-]. The highest BCUT2D eigenvalue weighted by atomic mass is 16.7. The first-order chi connectivity index (χ1) is 41.6. The lowest BCUT2D eigenvalue weighted by molar-refractivity contribution is -0.870. The number of likely N-dealkylation sites (N-methyl/N-ethyl adjacent to an activating group) is 1. The van der Waals surface area contributed by atoms with Crippen molar-refractivity contribution in [1.29, 1.82) is 0 Å². The van der Waals surface area contributed by atoms with Crippen LogP contribution >= 0.6 is 0 Å². The van der Waals surface area contributed by atoms with E-state index in [0.717, 1.165) is 103 Å². The van der Waals surface area contributed by atoms with Crippen molar-refractivity contribution in [2.24, 2.45) is 0 Å². The first kappa shape index (κ1) is 79.9. The van der Waals surface area contributed by atoms with Gasteiger partial charge in [-0.05, 0) is 116 Å². The number of hydrogen-bond donors (Lipinski definition) is 0. The van der Waals surface area contributed by atoms with E-state index in [-0.39, 0.29) is 38.6 Å². The minimum absolute atomic E-state index is 0.130. The molecule has 0 N–H and O–H groups in total. The lowest BCUT2D eigenvalue weighted by atomic mass is 10.0. The first-order valence-corrected chi connectivity index (χ1v) is 33.6. The van der Waals surface area contributed by atoms with Crippen molar-refractivity contribution in [2.75, 3.05) is 47.5 Å². The number of carbonyl (C=O) groups is 3. The Morgan fingerprint density at radius 3 is 0.976 bits per heavy atom. The molecule has 0 aliphatic heterocycles. The molecule has 480 valence electrons. The summed E-state index contributed by atoms with van der Waals surface area (Å²) in [6, 6.07) is 0. The molecule has 0 aliphatic carbocycles. The normalized spacial score (nSPS) is 13.8. The Morgan fingerprint density at radius 1 is 0.353 bits per heavy atom. The van der Waals surface area contributed by atoms with E-state index in [1.54, 1.807) is 0 Å². The summed E-state index contributed by atoms with van der Waals surface area (Å²) in [7, 11) is 5.90. The maximum absolute atomic E-state index is 12.9. The molecule has 85 heavy (non-hydrogen) atoms. The predicted octanol–water partition coefficient (Wildman–Crippen LogP) is 19.6. The number of ether oxygens (including phenoxy) is 4. The molecule has 0 aromatic carbocycles. The molecule has 0 aromatic rings. The molecule has 0 bridgehead atoms. The second kappa shape index (κ2) is 64.9. The number of carboxylic acid groups (broad SMARTS) is 1. The van der Waals surface area contributed by atoms with Crippen LogP contribution in [0.3, 0.4) is 0 Å². The van der Waals surface area contributed by atoms with E-state index < -0.39 is 24.3 Å². The Bertz CT molecular complexity index is 1950. The highest BCUT2D eigenvalue weighted by molar-refractivity contribution is 5.70. The Morgan fingerprint density at radius 2 is 0.647 bits per heavy atom. The molecule has 0 aliphatic rings. The zero-order chi connectivity index (χ0) is 61.9. The number of unbranched alkanes of at least 4 members (excludes halogenated alkanes) is 19. The average molecular weight is 1180 g/mol. The Hall–Kier alpha value is -5.09. The van der Waals surface area contributed by atoms with Gasteiger partial charge < -0.3 is 33.3 Å². The third-order valence-corrected chi connectivity index (χ3v) is 13.8. The van der Waals surface area contributed by atoms with Crippen LogP contribution in [0.5, 0.6) is 0 Å². The number of esters is 2. The van der Waals surface area contributed by atoms with Crippen molar-refractivity contribution in [3.63, 3.8) is 0 Å². The fraction of sp³-hybridized carbons (Fsp3) is 0.618. The standard InChI is InChI=1S/C76H123NO8/c1-6-8-10-12-14-16-18-20-22-24-26-28-30-31-32-33-34-35-36-37-38-39-40-41-42-43-45-46-48-50-52-54-56-58-60-62-64-66-73(78)83-70-72(71-84-76(75(80)81)82-69-68-77(3,4)5)85-74(79)67-65-63-61-59-57-55-53-51-49-47-44-29-27-25-23-21-19-17-15-13-11-9-7-2/h8-11,14-17,20-23,26-29,31-32,34-35,47,49,53,55,59,61,72,76H,6-7,12-13,18-19,24-25,30,33,36-46,48,50-52,54,56-58,60,62-71H2,1-5H3/b10-8-,11-9-,16-14-,17-15-,22-20-,23-21-,28-26-,29-27-,32-31-,35-34-,49-47-,55-53-,61-59-. The van der Waals surface area contributed by atoms with Gasteiger partial charge in [-0.3, -0.25) is 9.59 Å². The predicted molar refractivity (Wildman–Crippen MR) is 361 cm³/mol. The molecule has 0 fully saturated rings. The summed E-state index contributed by atoms with van der Waals surface area (Å²) in [5, 5.41) is 11.8. The first-order valence-electron chi connectivity index (χ1n) is 33.6. The monoisotopic (exact) mass is 1180 g/mol. The maximum Gasteiger partial charge on any atom is 0.306 e. The number of quaternary nitrogens is 1. The van der Waals surface area contributed by atoms with E-state index in [4.69, 9.17) is 18.9 Å². The van der Waals surface area contributed by atoms with Gasteiger partial charge in [-0.1, -0.05) is 275 Å². The summed E-state index contributed by atoms with van der Waals surface area (Å²) in [4.78, 5) is 37.4. The average Bonchev–Trinajstić information content (AvgIpc) is 3.49.